The van der Waals surface area contributed by atoms with Crippen LogP contribution in [0.4, 0.5) is 4.79 Å². The molecule has 0 aliphatic carbocycles. The van der Waals surface area contributed by atoms with Gasteiger partial charge in [0.2, 0.25) is 5.43 Å². The van der Waals surface area contributed by atoms with Gasteiger partial charge in [-0.25, -0.2) is 19.7 Å². The third-order valence-corrected chi connectivity index (χ3v) is 3.09. The number of nitrogens with one attached hydrogen (secondary N) is 1. The molecular weight excluding hydrogens is 340 g/mol. The summed E-state index contributed by atoms with van der Waals surface area (Å²) in [4.78, 5) is 35.6. The summed E-state index contributed by atoms with van der Waals surface area (Å²) < 4.78 is 11.4. The minimum atomic E-state index is -1.43. The standard InChI is InChI=1S/C18H20N2O6/c1-18(2,3)26-17(24)19-20-10-9-13(21)15(14(20)16(22)23)25-11-12-7-5-4-6-8-12/h4-10H,11H2,1-3H3,(H,19,24)(H,22,23). The van der Waals surface area contributed by atoms with E-state index in [1.54, 1.807) is 45.0 Å². The van der Waals surface area contributed by atoms with Crippen LogP contribution < -0.4 is 15.6 Å². The van der Waals surface area contributed by atoms with E-state index in [0.29, 0.717) is 0 Å². The van der Waals surface area contributed by atoms with E-state index in [1.807, 2.05) is 6.07 Å². The lowest BCUT2D eigenvalue weighted by Crippen LogP contribution is -2.34. The van der Waals surface area contributed by atoms with Gasteiger partial charge in [0, 0.05) is 12.3 Å². The van der Waals surface area contributed by atoms with Crippen LogP contribution in [0.3, 0.4) is 0 Å². The molecule has 0 aliphatic heterocycles. The number of carboxylic acids is 1. The van der Waals surface area contributed by atoms with Crippen LogP contribution in [0.1, 0.15) is 36.8 Å². The summed E-state index contributed by atoms with van der Waals surface area (Å²) in [6, 6.07) is 10.1. The summed E-state index contributed by atoms with van der Waals surface area (Å²) in [5.41, 5.74) is 1.16. The molecular formula is C18H20N2O6. The van der Waals surface area contributed by atoms with Gasteiger partial charge in [-0.1, -0.05) is 30.3 Å². The van der Waals surface area contributed by atoms with Crippen molar-refractivity contribution in [3.8, 4) is 5.75 Å². The molecule has 2 aromatic rings. The number of benzene rings is 1. The molecule has 0 fully saturated rings. The van der Waals surface area contributed by atoms with Crippen LogP contribution in [0.2, 0.25) is 0 Å². The molecule has 1 heterocycles. The van der Waals surface area contributed by atoms with Crippen LogP contribution in [0.5, 0.6) is 5.75 Å². The van der Waals surface area contributed by atoms with Crippen molar-refractivity contribution in [3.05, 3.63) is 64.1 Å². The van der Waals surface area contributed by atoms with E-state index in [1.165, 1.54) is 0 Å². The molecule has 0 saturated carbocycles. The minimum absolute atomic E-state index is 0.00676. The number of rotatable bonds is 5. The molecule has 2 N–H and O–H groups in total. The van der Waals surface area contributed by atoms with Gasteiger partial charge in [0.1, 0.15) is 12.2 Å². The summed E-state index contributed by atoms with van der Waals surface area (Å²) in [5, 5.41) is 9.48. The molecule has 1 aromatic carbocycles. The van der Waals surface area contributed by atoms with E-state index in [0.717, 1.165) is 22.5 Å². The van der Waals surface area contributed by atoms with Gasteiger partial charge in [-0.3, -0.25) is 4.79 Å². The highest BCUT2D eigenvalue weighted by molar-refractivity contribution is 5.90. The molecule has 0 bridgehead atoms. The average molecular weight is 360 g/mol. The van der Waals surface area contributed by atoms with Crippen molar-refractivity contribution in [2.75, 3.05) is 5.43 Å². The number of ether oxygens (including phenoxy) is 2. The molecule has 1 aromatic heterocycles. The molecule has 0 spiro atoms. The average Bonchev–Trinajstić information content (AvgIpc) is 2.54. The monoisotopic (exact) mass is 360 g/mol. The van der Waals surface area contributed by atoms with Crippen molar-refractivity contribution in [1.29, 1.82) is 0 Å². The molecule has 2 rings (SSSR count). The van der Waals surface area contributed by atoms with Gasteiger partial charge in [-0.05, 0) is 26.3 Å². The summed E-state index contributed by atoms with van der Waals surface area (Å²) in [6.07, 6.45) is 0.267. The van der Waals surface area contributed by atoms with Crippen LogP contribution >= 0.6 is 0 Å². The number of amides is 1. The van der Waals surface area contributed by atoms with Crippen molar-refractivity contribution in [2.45, 2.75) is 33.0 Å². The van der Waals surface area contributed by atoms with Gasteiger partial charge in [-0.2, -0.15) is 0 Å². The Hall–Kier alpha value is -3.29. The fourth-order valence-electron chi connectivity index (χ4n) is 2.08. The number of aromatic nitrogens is 1. The zero-order valence-electron chi connectivity index (χ0n) is 14.7. The first-order chi connectivity index (χ1) is 12.2. The number of carboxylic acid groups (broad SMARTS) is 1. The summed E-state index contributed by atoms with van der Waals surface area (Å²) in [6.45, 7) is 5.02. The fraction of sp³-hybridized carbons (Fsp3) is 0.278. The Bertz CT molecular complexity index is 852. The quantitative estimate of drug-likeness (QED) is 0.849. The van der Waals surface area contributed by atoms with Gasteiger partial charge >= 0.3 is 12.1 Å². The lowest BCUT2D eigenvalue weighted by Gasteiger charge is -2.21. The highest BCUT2D eigenvalue weighted by atomic mass is 16.6. The fourth-order valence-corrected chi connectivity index (χ4v) is 2.08. The molecule has 0 radical (unpaired) electrons. The predicted octanol–water partition coefficient (Wildman–Crippen LogP) is 2.60. The molecule has 26 heavy (non-hydrogen) atoms. The van der Waals surface area contributed by atoms with Crippen LogP contribution in [0, 0.1) is 0 Å². The zero-order valence-corrected chi connectivity index (χ0v) is 14.7. The van der Waals surface area contributed by atoms with E-state index < -0.39 is 28.8 Å². The first-order valence-corrected chi connectivity index (χ1v) is 7.83. The number of nitrogens with zero attached hydrogens (tertiary/aromatic N) is 1. The lowest BCUT2D eigenvalue weighted by atomic mass is 10.2. The molecule has 0 atom stereocenters. The molecule has 0 saturated heterocycles. The zero-order chi connectivity index (χ0) is 19.3. The Morgan fingerprint density at radius 1 is 1.15 bits per heavy atom. The first kappa shape index (κ1) is 19.0. The number of pyridine rings is 1. The molecule has 8 nitrogen and oxygen atoms in total. The number of carbonyl (C=O) groups is 2. The third-order valence-electron chi connectivity index (χ3n) is 3.09. The van der Waals surface area contributed by atoms with Crippen molar-refractivity contribution in [3.63, 3.8) is 0 Å². The van der Waals surface area contributed by atoms with Crippen molar-refractivity contribution >= 4 is 12.1 Å². The Labute approximate surface area is 149 Å². The van der Waals surface area contributed by atoms with Crippen LogP contribution in [-0.4, -0.2) is 27.4 Å². The molecule has 0 unspecified atom stereocenters. The second kappa shape index (κ2) is 7.73. The first-order valence-electron chi connectivity index (χ1n) is 7.83. The summed E-state index contributed by atoms with van der Waals surface area (Å²) >= 11 is 0. The van der Waals surface area contributed by atoms with Crippen molar-refractivity contribution < 1.29 is 24.2 Å². The maximum absolute atomic E-state index is 12.1. The Morgan fingerprint density at radius 2 is 1.81 bits per heavy atom. The van der Waals surface area contributed by atoms with Gasteiger partial charge in [-0.15, -0.1) is 0 Å². The van der Waals surface area contributed by atoms with Gasteiger partial charge in [0.05, 0.1) is 0 Å². The number of carbonyl (C=O) groups excluding carboxylic acids is 1. The van der Waals surface area contributed by atoms with E-state index in [2.05, 4.69) is 5.43 Å². The number of hydrogen-bond acceptors (Lipinski definition) is 5. The second-order valence-electron chi connectivity index (χ2n) is 6.42. The summed E-state index contributed by atoms with van der Waals surface area (Å²) in [7, 11) is 0. The predicted molar refractivity (Wildman–Crippen MR) is 94.0 cm³/mol. The molecule has 8 heteroatoms. The third kappa shape index (κ3) is 5.10. The van der Waals surface area contributed by atoms with E-state index >= 15 is 0 Å². The van der Waals surface area contributed by atoms with Crippen molar-refractivity contribution in [2.24, 2.45) is 0 Å². The second-order valence-corrected chi connectivity index (χ2v) is 6.42. The smallest absolute Gasteiger partial charge is 0.426 e. The summed E-state index contributed by atoms with van der Waals surface area (Å²) in [5.74, 6) is -1.80. The Morgan fingerprint density at radius 3 is 2.38 bits per heavy atom. The van der Waals surface area contributed by atoms with Crippen LogP contribution in [-0.2, 0) is 11.3 Å². The topological polar surface area (TPSA) is 107 Å². The van der Waals surface area contributed by atoms with Gasteiger partial charge < -0.3 is 14.6 Å². The normalized spacial score (nSPS) is 10.9. The molecule has 1 amide bonds. The largest absolute Gasteiger partial charge is 0.482 e. The Balaban J connectivity index is 2.31. The van der Waals surface area contributed by atoms with E-state index in [4.69, 9.17) is 9.47 Å². The highest BCUT2D eigenvalue weighted by Crippen LogP contribution is 2.15. The molecule has 0 aliphatic rings. The van der Waals surface area contributed by atoms with Gasteiger partial charge in [0.15, 0.2) is 11.4 Å². The van der Waals surface area contributed by atoms with E-state index in [9.17, 15) is 19.5 Å². The SMILES string of the molecule is CC(C)(C)OC(=O)Nn1ccc(=O)c(OCc2ccccc2)c1C(=O)O. The maximum atomic E-state index is 12.1. The maximum Gasteiger partial charge on any atom is 0.426 e. The lowest BCUT2D eigenvalue weighted by molar-refractivity contribution is 0.0608. The van der Waals surface area contributed by atoms with Crippen LogP contribution in [0.15, 0.2) is 47.4 Å². The van der Waals surface area contributed by atoms with Crippen molar-refractivity contribution in [1.82, 2.24) is 4.68 Å². The van der Waals surface area contributed by atoms with Crippen LogP contribution in [0.25, 0.3) is 0 Å². The number of aromatic carboxylic acids is 1. The van der Waals surface area contributed by atoms with E-state index in [-0.39, 0.29) is 12.4 Å². The Kier molecular flexibility index (Phi) is 5.66. The highest BCUT2D eigenvalue weighted by Gasteiger charge is 2.23. The number of hydrogen-bond donors (Lipinski definition) is 2. The van der Waals surface area contributed by atoms with Gasteiger partial charge in [0.25, 0.3) is 0 Å². The minimum Gasteiger partial charge on any atom is -0.482 e. The molecule has 138 valence electrons.